The maximum Gasteiger partial charge on any atom is 0.157 e. The quantitative estimate of drug-likeness (QED) is 0.766. The summed E-state index contributed by atoms with van der Waals surface area (Å²) in [6.45, 7) is 0. The Balaban J connectivity index is 1.98. The zero-order valence-corrected chi connectivity index (χ0v) is 10.1. The third-order valence-corrected chi connectivity index (χ3v) is 3.70. The highest BCUT2D eigenvalue weighted by Gasteiger charge is 2.27. The predicted octanol–water partition coefficient (Wildman–Crippen LogP) is 3.58. The van der Waals surface area contributed by atoms with E-state index in [1.54, 1.807) is 18.3 Å². The van der Waals surface area contributed by atoms with Gasteiger partial charge in [-0.3, -0.25) is 0 Å². The molecule has 1 aliphatic carbocycles. The van der Waals surface area contributed by atoms with Crippen LogP contribution in [0.25, 0.3) is 5.65 Å². The number of alkyl halides is 1. The molecule has 2 aromatic rings. The van der Waals surface area contributed by atoms with Crippen LogP contribution in [0.15, 0.2) is 18.3 Å². The molecule has 0 bridgehead atoms. The zero-order chi connectivity index (χ0) is 11.8. The Bertz CT molecular complexity index is 534. The summed E-state index contributed by atoms with van der Waals surface area (Å²) in [6, 6.07) is 3.32. The smallest absolute Gasteiger partial charge is 0.157 e. The molecule has 1 atom stereocenters. The highest BCUT2D eigenvalue weighted by molar-refractivity contribution is 6.29. The second-order valence-electron chi connectivity index (χ2n) is 4.55. The number of rotatable bonds is 2. The van der Waals surface area contributed by atoms with Gasteiger partial charge >= 0.3 is 0 Å². The van der Waals surface area contributed by atoms with Crippen LogP contribution >= 0.6 is 11.6 Å². The minimum atomic E-state index is -1.00. The lowest BCUT2D eigenvalue weighted by Gasteiger charge is -2.15. The molecule has 0 spiro atoms. The van der Waals surface area contributed by atoms with Crippen LogP contribution in [0.2, 0.25) is 5.15 Å². The fourth-order valence-electron chi connectivity index (χ4n) is 2.53. The van der Waals surface area contributed by atoms with Gasteiger partial charge < -0.3 is 0 Å². The molecule has 5 heteroatoms. The summed E-state index contributed by atoms with van der Waals surface area (Å²) in [5.74, 6) is 0.101. The summed E-state index contributed by atoms with van der Waals surface area (Å²) in [5, 5.41) is 4.43. The molecule has 0 aliphatic heterocycles. The average molecular weight is 254 g/mol. The minimum absolute atomic E-state index is 0.101. The van der Waals surface area contributed by atoms with Crippen LogP contribution in [0.3, 0.4) is 0 Å². The Morgan fingerprint density at radius 2 is 2.18 bits per heavy atom. The maximum atomic E-state index is 14.3. The van der Waals surface area contributed by atoms with Crippen molar-refractivity contribution in [2.75, 3.05) is 0 Å². The zero-order valence-electron chi connectivity index (χ0n) is 9.31. The highest BCUT2D eigenvalue weighted by atomic mass is 35.5. The van der Waals surface area contributed by atoms with Crippen molar-refractivity contribution < 1.29 is 4.39 Å². The third kappa shape index (κ3) is 1.90. The predicted molar refractivity (Wildman–Crippen MR) is 63.8 cm³/mol. The van der Waals surface area contributed by atoms with Gasteiger partial charge in [0.05, 0.1) is 11.9 Å². The Hall–Kier alpha value is -1.16. The van der Waals surface area contributed by atoms with Crippen molar-refractivity contribution in [1.82, 2.24) is 14.6 Å². The van der Waals surface area contributed by atoms with Crippen LogP contribution in [0, 0.1) is 5.92 Å². The first kappa shape index (κ1) is 11.0. The molecule has 1 unspecified atom stereocenters. The molecule has 0 aromatic carbocycles. The van der Waals surface area contributed by atoms with E-state index in [-0.39, 0.29) is 5.92 Å². The van der Waals surface area contributed by atoms with Crippen LogP contribution in [0.5, 0.6) is 0 Å². The van der Waals surface area contributed by atoms with E-state index >= 15 is 0 Å². The number of hydrogen-bond donors (Lipinski definition) is 0. The summed E-state index contributed by atoms with van der Waals surface area (Å²) in [6.07, 6.45) is 4.74. The summed E-state index contributed by atoms with van der Waals surface area (Å²) >= 11 is 6.05. The van der Waals surface area contributed by atoms with Gasteiger partial charge in [-0.15, -0.1) is 0 Å². The van der Waals surface area contributed by atoms with Crippen molar-refractivity contribution in [3.8, 4) is 0 Å². The average Bonchev–Trinajstić information content (AvgIpc) is 2.98. The number of hydrogen-bond acceptors (Lipinski definition) is 2. The van der Waals surface area contributed by atoms with E-state index in [0.29, 0.717) is 16.5 Å². The molecule has 90 valence electrons. The van der Waals surface area contributed by atoms with Gasteiger partial charge in [-0.2, -0.15) is 5.10 Å². The minimum Gasteiger partial charge on any atom is -0.240 e. The molecule has 3 rings (SSSR count). The Labute approximate surface area is 104 Å². The maximum absolute atomic E-state index is 14.3. The van der Waals surface area contributed by atoms with Gasteiger partial charge in [-0.05, 0) is 18.8 Å². The molecule has 0 N–H and O–H groups in total. The van der Waals surface area contributed by atoms with Crippen LogP contribution < -0.4 is 0 Å². The fourth-order valence-corrected chi connectivity index (χ4v) is 2.77. The SMILES string of the molecule is FC(c1cc(Cl)n2nccc2n1)C1CCCC1. The van der Waals surface area contributed by atoms with E-state index in [1.807, 2.05) is 0 Å². The highest BCUT2D eigenvalue weighted by Crippen LogP contribution is 2.38. The normalized spacial score (nSPS) is 18.9. The fraction of sp³-hybridized carbons (Fsp3) is 0.500. The molecule has 2 heterocycles. The van der Waals surface area contributed by atoms with Gasteiger partial charge in [0, 0.05) is 12.1 Å². The summed E-state index contributed by atoms with van der Waals surface area (Å²) in [5.41, 5.74) is 1.04. The molecule has 0 radical (unpaired) electrons. The van der Waals surface area contributed by atoms with Crippen LogP contribution in [-0.2, 0) is 0 Å². The van der Waals surface area contributed by atoms with Crippen LogP contribution in [0.4, 0.5) is 4.39 Å². The van der Waals surface area contributed by atoms with Gasteiger partial charge in [0.2, 0.25) is 0 Å². The molecule has 1 aliphatic rings. The first-order chi connectivity index (χ1) is 8.25. The summed E-state index contributed by atoms with van der Waals surface area (Å²) in [4.78, 5) is 4.28. The molecule has 3 nitrogen and oxygen atoms in total. The lowest BCUT2D eigenvalue weighted by Crippen LogP contribution is -2.08. The van der Waals surface area contributed by atoms with Gasteiger partial charge in [0.25, 0.3) is 0 Å². The van der Waals surface area contributed by atoms with E-state index in [4.69, 9.17) is 11.6 Å². The van der Waals surface area contributed by atoms with Gasteiger partial charge in [-0.1, -0.05) is 24.4 Å². The van der Waals surface area contributed by atoms with Crippen molar-refractivity contribution >= 4 is 17.2 Å². The van der Waals surface area contributed by atoms with Crippen molar-refractivity contribution in [2.24, 2.45) is 5.92 Å². The van der Waals surface area contributed by atoms with E-state index in [9.17, 15) is 4.39 Å². The first-order valence-corrected chi connectivity index (χ1v) is 6.28. The lowest BCUT2D eigenvalue weighted by molar-refractivity contribution is 0.229. The monoisotopic (exact) mass is 253 g/mol. The third-order valence-electron chi connectivity index (χ3n) is 3.43. The molecule has 0 amide bonds. The summed E-state index contributed by atoms with van der Waals surface area (Å²) < 4.78 is 15.8. The van der Waals surface area contributed by atoms with E-state index in [2.05, 4.69) is 10.1 Å². The second-order valence-corrected chi connectivity index (χ2v) is 4.94. The standard InChI is InChI=1S/C12H13ClFN3/c13-10-7-9(12(14)8-3-1-2-4-8)16-11-5-6-15-17(10)11/h5-8,12H,1-4H2. The van der Waals surface area contributed by atoms with Crippen LogP contribution in [-0.4, -0.2) is 14.6 Å². The van der Waals surface area contributed by atoms with E-state index in [0.717, 1.165) is 25.7 Å². The Morgan fingerprint density at radius 1 is 1.41 bits per heavy atom. The number of aromatic nitrogens is 3. The van der Waals surface area contributed by atoms with Gasteiger partial charge in [0.1, 0.15) is 11.3 Å². The topological polar surface area (TPSA) is 30.2 Å². The Morgan fingerprint density at radius 3 is 2.94 bits per heavy atom. The molecular formula is C12H13ClFN3. The molecule has 1 saturated carbocycles. The van der Waals surface area contributed by atoms with E-state index in [1.165, 1.54) is 4.52 Å². The second kappa shape index (κ2) is 4.26. The molecular weight excluding hydrogens is 241 g/mol. The molecule has 2 aromatic heterocycles. The molecule has 0 saturated heterocycles. The van der Waals surface area contributed by atoms with Crippen molar-refractivity contribution in [2.45, 2.75) is 31.9 Å². The largest absolute Gasteiger partial charge is 0.240 e. The van der Waals surface area contributed by atoms with Gasteiger partial charge in [-0.25, -0.2) is 13.9 Å². The van der Waals surface area contributed by atoms with Crippen molar-refractivity contribution in [1.29, 1.82) is 0 Å². The lowest BCUT2D eigenvalue weighted by atomic mass is 9.99. The van der Waals surface area contributed by atoms with Crippen molar-refractivity contribution in [3.63, 3.8) is 0 Å². The first-order valence-electron chi connectivity index (χ1n) is 5.90. The number of fused-ring (bicyclic) bond motifs is 1. The number of halogens is 2. The summed E-state index contributed by atoms with van der Waals surface area (Å²) in [7, 11) is 0. The number of nitrogens with zero attached hydrogens (tertiary/aromatic N) is 3. The molecule has 17 heavy (non-hydrogen) atoms. The Kier molecular flexibility index (Phi) is 2.74. The molecule has 1 fully saturated rings. The van der Waals surface area contributed by atoms with Crippen LogP contribution in [0.1, 0.15) is 37.5 Å². The van der Waals surface area contributed by atoms with E-state index < -0.39 is 6.17 Å². The van der Waals surface area contributed by atoms with Gasteiger partial charge in [0.15, 0.2) is 5.65 Å². The van der Waals surface area contributed by atoms with Crippen molar-refractivity contribution in [3.05, 3.63) is 29.2 Å².